The first kappa shape index (κ1) is 22.7. The Morgan fingerprint density at radius 1 is 0.656 bits per heavy atom. The van der Waals surface area contributed by atoms with Crippen LogP contribution in [0, 0.1) is 0 Å². The van der Waals surface area contributed by atoms with Crippen molar-refractivity contribution in [3.8, 4) is 0 Å². The molecule has 4 nitrogen and oxygen atoms in total. The van der Waals surface area contributed by atoms with Gasteiger partial charge in [0.05, 0.1) is 32.0 Å². The van der Waals surface area contributed by atoms with Crippen molar-refractivity contribution in [3.05, 3.63) is 108 Å². The van der Waals surface area contributed by atoms with Crippen molar-refractivity contribution < 1.29 is 18.9 Å². The van der Waals surface area contributed by atoms with Crippen molar-refractivity contribution in [1.29, 1.82) is 0 Å². The van der Waals surface area contributed by atoms with Gasteiger partial charge in [0.2, 0.25) is 0 Å². The van der Waals surface area contributed by atoms with E-state index >= 15 is 0 Å². The van der Waals surface area contributed by atoms with Gasteiger partial charge >= 0.3 is 0 Å². The van der Waals surface area contributed by atoms with Crippen LogP contribution in [0.1, 0.15) is 30.5 Å². The van der Waals surface area contributed by atoms with E-state index in [-0.39, 0.29) is 30.5 Å². The molecule has 0 aromatic heterocycles. The summed E-state index contributed by atoms with van der Waals surface area (Å²) in [5.74, 6) is 0. The Balaban J connectivity index is 1.44. The van der Waals surface area contributed by atoms with Crippen molar-refractivity contribution in [3.63, 3.8) is 0 Å². The standard InChI is InChI=1S/C28H32O4/c1-21(29-18-23-12-6-3-7-13-23)27-28(31-20-25-16-10-5-11-17-25)26(22(2)32-27)30-19-24-14-8-4-9-15-24/h3-17,21-22,26-28H,18-20H2,1-2H3/t21?,22-,26-,27-,28+/m0/s1. The predicted octanol–water partition coefficient (Wildman–Crippen LogP) is 5.55. The summed E-state index contributed by atoms with van der Waals surface area (Å²) < 4.78 is 25.3. The molecule has 4 rings (SSSR count). The lowest BCUT2D eigenvalue weighted by Gasteiger charge is -2.28. The molecule has 0 spiro atoms. The molecule has 1 aliphatic rings. The highest BCUT2D eigenvalue weighted by Gasteiger charge is 2.46. The fraction of sp³-hybridized carbons (Fsp3) is 0.357. The summed E-state index contributed by atoms with van der Waals surface area (Å²) in [5, 5.41) is 0. The van der Waals surface area contributed by atoms with Crippen LogP contribution >= 0.6 is 0 Å². The molecule has 1 fully saturated rings. The molecule has 5 atom stereocenters. The van der Waals surface area contributed by atoms with E-state index in [1.165, 1.54) is 0 Å². The van der Waals surface area contributed by atoms with Crippen LogP contribution in [0.5, 0.6) is 0 Å². The molecule has 0 N–H and O–H groups in total. The second-order valence-corrected chi connectivity index (χ2v) is 8.33. The van der Waals surface area contributed by atoms with Gasteiger partial charge in [-0.1, -0.05) is 91.0 Å². The maximum atomic E-state index is 6.42. The summed E-state index contributed by atoms with van der Waals surface area (Å²) in [6.45, 7) is 5.68. The second kappa shape index (κ2) is 11.4. The first-order valence-electron chi connectivity index (χ1n) is 11.3. The highest BCUT2D eigenvalue weighted by atomic mass is 16.6. The molecular weight excluding hydrogens is 400 g/mol. The van der Waals surface area contributed by atoms with E-state index in [0.717, 1.165) is 16.7 Å². The molecule has 4 heteroatoms. The molecule has 0 amide bonds. The quantitative estimate of drug-likeness (QED) is 0.421. The van der Waals surface area contributed by atoms with Crippen LogP contribution in [0.15, 0.2) is 91.0 Å². The van der Waals surface area contributed by atoms with Gasteiger partial charge in [-0.15, -0.1) is 0 Å². The summed E-state index contributed by atoms with van der Waals surface area (Å²) in [4.78, 5) is 0. The van der Waals surface area contributed by atoms with E-state index in [1.807, 2.05) is 54.6 Å². The van der Waals surface area contributed by atoms with E-state index < -0.39 is 0 Å². The summed E-state index contributed by atoms with van der Waals surface area (Å²) in [5.41, 5.74) is 3.41. The first-order chi connectivity index (χ1) is 15.7. The average molecular weight is 433 g/mol. The van der Waals surface area contributed by atoms with Gasteiger partial charge in [-0.2, -0.15) is 0 Å². The molecule has 32 heavy (non-hydrogen) atoms. The van der Waals surface area contributed by atoms with Crippen molar-refractivity contribution in [2.45, 2.75) is 64.2 Å². The minimum absolute atomic E-state index is 0.0905. The smallest absolute Gasteiger partial charge is 0.115 e. The average Bonchev–Trinajstić information content (AvgIpc) is 3.17. The summed E-state index contributed by atoms with van der Waals surface area (Å²) >= 11 is 0. The zero-order valence-corrected chi connectivity index (χ0v) is 18.8. The third-order valence-corrected chi connectivity index (χ3v) is 5.87. The lowest BCUT2D eigenvalue weighted by atomic mass is 10.0. The van der Waals surface area contributed by atoms with Crippen molar-refractivity contribution >= 4 is 0 Å². The summed E-state index contributed by atoms with van der Waals surface area (Å²) in [6.07, 6.45) is -0.833. The van der Waals surface area contributed by atoms with Gasteiger partial charge in [0.25, 0.3) is 0 Å². The number of hydrogen-bond donors (Lipinski definition) is 0. The normalized spacial score (nSPS) is 23.8. The SMILES string of the molecule is CC(OCc1ccccc1)[C@@H]1O[C@@H](C)[C@H](OCc2ccccc2)[C@H]1OCc1ccccc1. The fourth-order valence-electron chi connectivity index (χ4n) is 4.08. The zero-order chi connectivity index (χ0) is 22.2. The van der Waals surface area contributed by atoms with Crippen LogP contribution in [0.4, 0.5) is 0 Å². The molecule has 3 aromatic rings. The molecule has 3 aromatic carbocycles. The third-order valence-electron chi connectivity index (χ3n) is 5.87. The van der Waals surface area contributed by atoms with Gasteiger partial charge in [-0.3, -0.25) is 0 Å². The van der Waals surface area contributed by atoms with Gasteiger partial charge in [0, 0.05) is 0 Å². The molecule has 1 unspecified atom stereocenters. The van der Waals surface area contributed by atoms with Crippen LogP contribution in [0.3, 0.4) is 0 Å². The molecular formula is C28H32O4. The van der Waals surface area contributed by atoms with Gasteiger partial charge in [-0.05, 0) is 30.5 Å². The molecule has 0 saturated carbocycles. The van der Waals surface area contributed by atoms with Crippen LogP contribution in [0.2, 0.25) is 0 Å². The van der Waals surface area contributed by atoms with Gasteiger partial charge in [-0.25, -0.2) is 0 Å². The largest absolute Gasteiger partial charge is 0.371 e. The molecule has 0 bridgehead atoms. The monoisotopic (exact) mass is 432 g/mol. The number of hydrogen-bond acceptors (Lipinski definition) is 4. The molecule has 1 aliphatic heterocycles. The number of benzene rings is 3. The van der Waals surface area contributed by atoms with E-state index in [4.69, 9.17) is 18.9 Å². The fourth-order valence-corrected chi connectivity index (χ4v) is 4.08. The van der Waals surface area contributed by atoms with Crippen LogP contribution in [-0.2, 0) is 38.8 Å². The molecule has 0 radical (unpaired) electrons. The summed E-state index contributed by atoms with van der Waals surface area (Å²) in [7, 11) is 0. The van der Waals surface area contributed by atoms with Crippen molar-refractivity contribution in [1.82, 2.24) is 0 Å². The highest BCUT2D eigenvalue weighted by Crippen LogP contribution is 2.31. The number of ether oxygens (including phenoxy) is 4. The lowest BCUT2D eigenvalue weighted by Crippen LogP contribution is -2.41. The summed E-state index contributed by atoms with van der Waals surface area (Å²) in [6, 6.07) is 30.6. The maximum Gasteiger partial charge on any atom is 0.115 e. The van der Waals surface area contributed by atoms with Crippen LogP contribution < -0.4 is 0 Å². The van der Waals surface area contributed by atoms with E-state index in [0.29, 0.717) is 19.8 Å². The Morgan fingerprint density at radius 3 is 1.59 bits per heavy atom. The van der Waals surface area contributed by atoms with E-state index in [9.17, 15) is 0 Å². The Morgan fingerprint density at radius 2 is 1.09 bits per heavy atom. The van der Waals surface area contributed by atoms with Crippen LogP contribution in [-0.4, -0.2) is 30.5 Å². The zero-order valence-electron chi connectivity index (χ0n) is 18.8. The Bertz CT molecular complexity index is 916. The van der Waals surface area contributed by atoms with Gasteiger partial charge in [0.15, 0.2) is 0 Å². The first-order valence-corrected chi connectivity index (χ1v) is 11.3. The highest BCUT2D eigenvalue weighted by molar-refractivity contribution is 5.15. The number of rotatable bonds is 10. The maximum absolute atomic E-state index is 6.42. The molecule has 168 valence electrons. The minimum atomic E-state index is -0.223. The molecule has 0 aliphatic carbocycles. The van der Waals surface area contributed by atoms with Crippen LogP contribution in [0.25, 0.3) is 0 Å². The topological polar surface area (TPSA) is 36.9 Å². The minimum Gasteiger partial charge on any atom is -0.371 e. The second-order valence-electron chi connectivity index (χ2n) is 8.33. The van der Waals surface area contributed by atoms with Crippen molar-refractivity contribution in [2.24, 2.45) is 0 Å². The Kier molecular flexibility index (Phi) is 8.07. The Hall–Kier alpha value is -2.50. The van der Waals surface area contributed by atoms with Gasteiger partial charge < -0.3 is 18.9 Å². The third kappa shape index (κ3) is 6.05. The van der Waals surface area contributed by atoms with E-state index in [1.54, 1.807) is 0 Å². The van der Waals surface area contributed by atoms with E-state index in [2.05, 4.69) is 50.2 Å². The molecule has 1 heterocycles. The predicted molar refractivity (Wildman–Crippen MR) is 125 cm³/mol. The lowest BCUT2D eigenvalue weighted by molar-refractivity contribution is -0.114. The Labute approximate surface area is 191 Å². The van der Waals surface area contributed by atoms with Gasteiger partial charge in [0.1, 0.15) is 18.3 Å². The molecule has 1 saturated heterocycles. The van der Waals surface area contributed by atoms with Crippen molar-refractivity contribution in [2.75, 3.05) is 0 Å².